The minimum atomic E-state index is -0.895. The molecule has 1 aromatic carbocycles. The lowest BCUT2D eigenvalue weighted by Gasteiger charge is -2.24. The summed E-state index contributed by atoms with van der Waals surface area (Å²) < 4.78 is 5.90. The van der Waals surface area contributed by atoms with Crippen LogP contribution in [0.4, 0.5) is 0 Å². The van der Waals surface area contributed by atoms with E-state index in [0.717, 1.165) is 23.5 Å². The third kappa shape index (κ3) is 1.78. The third-order valence-corrected chi connectivity index (χ3v) is 4.43. The molecule has 0 saturated heterocycles. The van der Waals surface area contributed by atoms with Crippen LogP contribution in [0.2, 0.25) is 0 Å². The lowest BCUT2D eigenvalue weighted by molar-refractivity contribution is 0.0696. The molecular formula is C12H14O3S. The maximum atomic E-state index is 10.9. The van der Waals surface area contributed by atoms with E-state index in [1.165, 1.54) is 0 Å². The number of benzene rings is 1. The molecule has 0 bridgehead atoms. The van der Waals surface area contributed by atoms with Gasteiger partial charge in [0.25, 0.3) is 0 Å². The van der Waals surface area contributed by atoms with E-state index >= 15 is 0 Å². The van der Waals surface area contributed by atoms with Crippen LogP contribution in [-0.4, -0.2) is 16.0 Å². The summed E-state index contributed by atoms with van der Waals surface area (Å²) >= 11 is 1.63. The first kappa shape index (κ1) is 11.3. The summed E-state index contributed by atoms with van der Waals surface area (Å²) in [6.45, 7) is 4.17. The molecule has 1 aliphatic heterocycles. The molecule has 1 aromatic rings. The summed E-state index contributed by atoms with van der Waals surface area (Å²) in [5, 5.41) is 8.91. The van der Waals surface area contributed by atoms with Crippen molar-refractivity contribution in [2.75, 3.05) is 0 Å². The molecule has 0 aliphatic carbocycles. The van der Waals surface area contributed by atoms with Crippen molar-refractivity contribution in [1.29, 1.82) is 0 Å². The second-order valence-electron chi connectivity index (χ2n) is 3.79. The Morgan fingerprint density at radius 3 is 2.69 bits per heavy atom. The van der Waals surface area contributed by atoms with Gasteiger partial charge in [-0.3, -0.25) is 0 Å². The van der Waals surface area contributed by atoms with Crippen molar-refractivity contribution in [1.82, 2.24) is 0 Å². The van der Waals surface area contributed by atoms with Crippen LogP contribution in [0.5, 0.6) is 5.75 Å². The van der Waals surface area contributed by atoms with Gasteiger partial charge >= 0.3 is 5.97 Å². The number of fused-ring (bicyclic) bond motifs is 1. The second-order valence-corrected chi connectivity index (χ2v) is 5.18. The molecule has 0 amide bonds. The molecule has 1 heterocycles. The van der Waals surface area contributed by atoms with Crippen molar-refractivity contribution in [3.63, 3.8) is 0 Å². The summed E-state index contributed by atoms with van der Waals surface area (Å²) in [6.07, 6.45) is 1.82. The van der Waals surface area contributed by atoms with Crippen LogP contribution in [0.3, 0.4) is 0 Å². The highest BCUT2D eigenvalue weighted by atomic mass is 32.2. The van der Waals surface area contributed by atoms with Gasteiger partial charge in [-0.15, -0.1) is 0 Å². The van der Waals surface area contributed by atoms with E-state index in [9.17, 15) is 4.79 Å². The molecule has 0 fully saturated rings. The molecule has 0 spiro atoms. The van der Waals surface area contributed by atoms with E-state index in [0.29, 0.717) is 5.56 Å². The fraction of sp³-hybridized carbons (Fsp3) is 0.417. The van der Waals surface area contributed by atoms with Gasteiger partial charge in [0.1, 0.15) is 5.75 Å². The molecule has 86 valence electrons. The molecular weight excluding hydrogens is 224 g/mol. The summed E-state index contributed by atoms with van der Waals surface area (Å²) in [4.78, 5) is 11.6. The molecule has 0 atom stereocenters. The Bertz CT molecular complexity index is 424. The third-order valence-electron chi connectivity index (χ3n) is 2.86. The van der Waals surface area contributed by atoms with Crippen molar-refractivity contribution < 1.29 is 14.6 Å². The number of rotatable bonds is 3. The van der Waals surface area contributed by atoms with Crippen LogP contribution in [0, 0.1) is 0 Å². The minimum Gasteiger partial charge on any atom is -0.478 e. The maximum absolute atomic E-state index is 10.9. The quantitative estimate of drug-likeness (QED) is 0.876. The van der Waals surface area contributed by atoms with Gasteiger partial charge in [-0.2, -0.15) is 0 Å². The molecule has 0 radical (unpaired) electrons. The standard InChI is InChI=1S/C12H14O3S/c1-3-12(4-2)15-9-6-5-8(11(13)14)7-10(9)16-12/h5-7H,3-4H2,1-2H3,(H,13,14). The van der Waals surface area contributed by atoms with Gasteiger partial charge in [-0.05, 0) is 31.0 Å². The van der Waals surface area contributed by atoms with E-state index in [1.807, 2.05) is 0 Å². The molecule has 0 saturated carbocycles. The normalized spacial score (nSPS) is 16.6. The first-order chi connectivity index (χ1) is 7.60. The van der Waals surface area contributed by atoms with E-state index in [-0.39, 0.29) is 4.93 Å². The highest BCUT2D eigenvalue weighted by Crippen LogP contribution is 2.50. The molecule has 4 heteroatoms. The molecule has 1 aliphatic rings. The molecule has 0 unspecified atom stereocenters. The number of hydrogen-bond acceptors (Lipinski definition) is 3. The summed E-state index contributed by atoms with van der Waals surface area (Å²) in [6, 6.07) is 5.03. The number of ether oxygens (including phenoxy) is 1. The Labute approximate surface area is 98.8 Å². The topological polar surface area (TPSA) is 46.5 Å². The van der Waals surface area contributed by atoms with Crippen LogP contribution in [0.15, 0.2) is 23.1 Å². The van der Waals surface area contributed by atoms with Gasteiger partial charge in [0.05, 0.1) is 10.5 Å². The van der Waals surface area contributed by atoms with E-state index in [1.54, 1.807) is 30.0 Å². The number of aromatic carboxylic acids is 1. The zero-order valence-corrected chi connectivity index (χ0v) is 10.1. The van der Waals surface area contributed by atoms with Gasteiger partial charge in [0, 0.05) is 0 Å². The Hall–Kier alpha value is -1.16. The lowest BCUT2D eigenvalue weighted by Crippen LogP contribution is -2.26. The Balaban J connectivity index is 2.34. The van der Waals surface area contributed by atoms with Crippen LogP contribution in [-0.2, 0) is 0 Å². The average molecular weight is 238 g/mol. The van der Waals surface area contributed by atoms with Crippen molar-refractivity contribution in [3.8, 4) is 5.75 Å². The SMILES string of the molecule is CCC1(CC)Oc2ccc(C(=O)O)cc2S1. The van der Waals surface area contributed by atoms with Crippen molar-refractivity contribution in [2.24, 2.45) is 0 Å². The van der Waals surface area contributed by atoms with E-state index < -0.39 is 5.97 Å². The van der Waals surface area contributed by atoms with Gasteiger partial charge in [-0.1, -0.05) is 25.6 Å². The number of carbonyl (C=O) groups is 1. The second kappa shape index (κ2) is 4.01. The van der Waals surface area contributed by atoms with Crippen LogP contribution in [0.25, 0.3) is 0 Å². The van der Waals surface area contributed by atoms with Crippen LogP contribution >= 0.6 is 11.8 Å². The minimum absolute atomic E-state index is 0.209. The number of thioether (sulfide) groups is 1. The summed E-state index contributed by atoms with van der Waals surface area (Å²) in [5.41, 5.74) is 0.317. The Kier molecular flexibility index (Phi) is 2.84. The molecule has 3 nitrogen and oxygen atoms in total. The van der Waals surface area contributed by atoms with E-state index in [2.05, 4.69) is 13.8 Å². The van der Waals surface area contributed by atoms with Gasteiger partial charge in [-0.25, -0.2) is 4.79 Å². The fourth-order valence-electron chi connectivity index (χ4n) is 1.77. The van der Waals surface area contributed by atoms with Gasteiger partial charge in [0.2, 0.25) is 0 Å². The highest BCUT2D eigenvalue weighted by Gasteiger charge is 2.37. The van der Waals surface area contributed by atoms with Gasteiger partial charge < -0.3 is 9.84 Å². The Morgan fingerprint density at radius 2 is 2.12 bits per heavy atom. The molecule has 16 heavy (non-hydrogen) atoms. The highest BCUT2D eigenvalue weighted by molar-refractivity contribution is 8.00. The number of carboxylic acid groups (broad SMARTS) is 1. The largest absolute Gasteiger partial charge is 0.478 e. The zero-order valence-electron chi connectivity index (χ0n) is 9.32. The smallest absolute Gasteiger partial charge is 0.335 e. The number of hydrogen-bond donors (Lipinski definition) is 1. The monoisotopic (exact) mass is 238 g/mol. The van der Waals surface area contributed by atoms with Crippen molar-refractivity contribution >= 4 is 17.7 Å². The molecule has 1 N–H and O–H groups in total. The van der Waals surface area contributed by atoms with Crippen LogP contribution < -0.4 is 4.74 Å². The first-order valence-corrected chi connectivity index (χ1v) is 6.17. The van der Waals surface area contributed by atoms with Crippen molar-refractivity contribution in [3.05, 3.63) is 23.8 Å². The fourth-order valence-corrected chi connectivity index (χ4v) is 2.98. The summed E-state index contributed by atoms with van der Waals surface area (Å²) in [5.74, 6) is -0.0902. The van der Waals surface area contributed by atoms with Crippen molar-refractivity contribution in [2.45, 2.75) is 36.5 Å². The average Bonchev–Trinajstić information content (AvgIpc) is 2.67. The Morgan fingerprint density at radius 1 is 1.44 bits per heavy atom. The number of carboxylic acids is 1. The predicted octanol–water partition coefficient (Wildman–Crippen LogP) is 3.39. The molecule has 0 aromatic heterocycles. The predicted molar refractivity (Wildman–Crippen MR) is 63.2 cm³/mol. The summed E-state index contributed by atoms with van der Waals surface area (Å²) in [7, 11) is 0. The van der Waals surface area contributed by atoms with Gasteiger partial charge in [0.15, 0.2) is 4.93 Å². The van der Waals surface area contributed by atoms with E-state index in [4.69, 9.17) is 9.84 Å². The first-order valence-electron chi connectivity index (χ1n) is 5.35. The lowest BCUT2D eigenvalue weighted by atomic mass is 10.2. The molecule has 2 rings (SSSR count). The maximum Gasteiger partial charge on any atom is 0.335 e. The zero-order chi connectivity index (χ0) is 11.8. The van der Waals surface area contributed by atoms with Crippen LogP contribution in [0.1, 0.15) is 37.0 Å².